The van der Waals surface area contributed by atoms with Crippen LogP contribution in [0.15, 0.2) is 53.6 Å². The van der Waals surface area contributed by atoms with Gasteiger partial charge in [-0.3, -0.25) is 14.6 Å². The monoisotopic (exact) mass is 387 g/mol. The number of fused-ring (bicyclic) bond motifs is 1. The molecule has 1 amide bonds. The van der Waals surface area contributed by atoms with Gasteiger partial charge in [0.1, 0.15) is 11.6 Å². The number of aryl methyl sites for hydroxylation is 1. The highest BCUT2D eigenvalue weighted by Crippen LogP contribution is 2.32. The zero-order valence-corrected chi connectivity index (χ0v) is 16.1. The molecule has 29 heavy (non-hydrogen) atoms. The maximum absolute atomic E-state index is 12.7. The standard InChI is InChI=1S/C22H21N5O2/c1-26-19-5-3-2-4-17(19)20(18(14-23)22(26)29)27-12-8-15(9-13-27)21(28)25-16-6-10-24-11-7-16/h2-7,10-11,15H,8-9,12-13H2,1H3,(H,24,25,28). The highest BCUT2D eigenvalue weighted by atomic mass is 16.2. The summed E-state index contributed by atoms with van der Waals surface area (Å²) in [7, 11) is 1.69. The molecule has 1 aromatic carbocycles. The summed E-state index contributed by atoms with van der Waals surface area (Å²) in [5, 5.41) is 13.5. The second-order valence-corrected chi connectivity index (χ2v) is 7.20. The van der Waals surface area contributed by atoms with Crippen LogP contribution in [-0.4, -0.2) is 28.5 Å². The van der Waals surface area contributed by atoms with Gasteiger partial charge in [-0.05, 0) is 31.0 Å². The molecule has 1 fully saturated rings. The molecule has 0 bridgehead atoms. The Kier molecular flexibility index (Phi) is 5.00. The number of carbonyl (C=O) groups excluding carboxylic acids is 1. The van der Waals surface area contributed by atoms with Gasteiger partial charge in [-0.1, -0.05) is 18.2 Å². The van der Waals surface area contributed by atoms with Crippen molar-refractivity contribution in [2.75, 3.05) is 23.3 Å². The minimum absolute atomic E-state index is 0.00908. The van der Waals surface area contributed by atoms with E-state index < -0.39 is 0 Å². The van der Waals surface area contributed by atoms with Crippen molar-refractivity contribution >= 4 is 28.2 Å². The van der Waals surface area contributed by atoms with Crippen LogP contribution in [0.2, 0.25) is 0 Å². The van der Waals surface area contributed by atoms with Crippen molar-refractivity contribution in [3.8, 4) is 6.07 Å². The first kappa shape index (κ1) is 18.7. The second-order valence-electron chi connectivity index (χ2n) is 7.20. The van der Waals surface area contributed by atoms with E-state index in [1.54, 1.807) is 31.6 Å². The number of nitrogens with zero attached hydrogens (tertiary/aromatic N) is 4. The molecule has 3 aromatic rings. The zero-order valence-electron chi connectivity index (χ0n) is 16.1. The van der Waals surface area contributed by atoms with E-state index in [1.807, 2.05) is 24.3 Å². The number of rotatable bonds is 3. The number of hydrogen-bond acceptors (Lipinski definition) is 5. The molecule has 7 nitrogen and oxygen atoms in total. The SMILES string of the molecule is Cn1c(=O)c(C#N)c(N2CCC(C(=O)Nc3ccncc3)CC2)c2ccccc21. The molecule has 7 heteroatoms. The Morgan fingerprint density at radius 3 is 2.55 bits per heavy atom. The highest BCUT2D eigenvalue weighted by Gasteiger charge is 2.28. The van der Waals surface area contributed by atoms with E-state index in [-0.39, 0.29) is 22.9 Å². The Balaban J connectivity index is 1.58. The average molecular weight is 387 g/mol. The first-order valence-corrected chi connectivity index (χ1v) is 9.58. The smallest absolute Gasteiger partial charge is 0.270 e. The number of amides is 1. The predicted molar refractivity (Wildman–Crippen MR) is 112 cm³/mol. The Morgan fingerprint density at radius 1 is 1.17 bits per heavy atom. The fraction of sp³-hybridized carbons (Fsp3) is 0.273. The summed E-state index contributed by atoms with van der Waals surface area (Å²) in [6.45, 7) is 1.22. The first-order valence-electron chi connectivity index (χ1n) is 9.58. The maximum atomic E-state index is 12.7. The lowest BCUT2D eigenvalue weighted by molar-refractivity contribution is -0.120. The molecule has 1 aliphatic rings. The molecule has 1 N–H and O–H groups in total. The fourth-order valence-electron chi connectivity index (χ4n) is 3.95. The van der Waals surface area contributed by atoms with Gasteiger partial charge >= 0.3 is 0 Å². The molecule has 2 aromatic heterocycles. The minimum Gasteiger partial charge on any atom is -0.370 e. The van der Waals surface area contributed by atoms with Crippen molar-refractivity contribution in [1.29, 1.82) is 5.26 Å². The van der Waals surface area contributed by atoms with Crippen molar-refractivity contribution < 1.29 is 4.79 Å². The molecule has 1 aliphatic heterocycles. The van der Waals surface area contributed by atoms with Crippen LogP contribution < -0.4 is 15.8 Å². The number of piperidine rings is 1. The van der Waals surface area contributed by atoms with Gasteiger partial charge in [0.05, 0.1) is 11.2 Å². The quantitative estimate of drug-likeness (QED) is 0.746. The number of benzene rings is 1. The van der Waals surface area contributed by atoms with Gasteiger partial charge in [0.15, 0.2) is 0 Å². The van der Waals surface area contributed by atoms with Crippen molar-refractivity contribution in [2.24, 2.45) is 13.0 Å². The van der Waals surface area contributed by atoms with Crippen LogP contribution in [0.25, 0.3) is 10.9 Å². The van der Waals surface area contributed by atoms with E-state index in [2.05, 4.69) is 21.3 Å². The number of pyridine rings is 2. The van der Waals surface area contributed by atoms with E-state index in [0.717, 1.165) is 16.6 Å². The zero-order chi connectivity index (χ0) is 20.4. The number of anilines is 2. The number of hydrogen-bond donors (Lipinski definition) is 1. The first-order chi connectivity index (χ1) is 14.1. The normalized spacial score (nSPS) is 14.6. The Bertz CT molecular complexity index is 1160. The Hall–Kier alpha value is -3.66. The summed E-state index contributed by atoms with van der Waals surface area (Å²) in [5.74, 6) is -0.118. The summed E-state index contributed by atoms with van der Waals surface area (Å²) in [6.07, 6.45) is 4.60. The van der Waals surface area contributed by atoms with E-state index in [9.17, 15) is 14.9 Å². The van der Waals surface area contributed by atoms with Crippen molar-refractivity contribution in [2.45, 2.75) is 12.8 Å². The minimum atomic E-state index is -0.293. The molecule has 0 saturated carbocycles. The van der Waals surface area contributed by atoms with Crippen molar-refractivity contribution in [3.63, 3.8) is 0 Å². The van der Waals surface area contributed by atoms with Gasteiger partial charge in [0.2, 0.25) is 5.91 Å². The number of nitriles is 1. The van der Waals surface area contributed by atoms with E-state index in [1.165, 1.54) is 4.57 Å². The van der Waals surface area contributed by atoms with E-state index in [0.29, 0.717) is 31.6 Å². The third-order valence-electron chi connectivity index (χ3n) is 5.52. The van der Waals surface area contributed by atoms with E-state index >= 15 is 0 Å². The summed E-state index contributed by atoms with van der Waals surface area (Å²) < 4.78 is 1.52. The Labute approximate surface area is 168 Å². The topological polar surface area (TPSA) is 91.0 Å². The van der Waals surface area contributed by atoms with Crippen LogP contribution in [0.5, 0.6) is 0 Å². The molecular formula is C22H21N5O2. The van der Waals surface area contributed by atoms with Crippen molar-refractivity contribution in [3.05, 3.63) is 64.7 Å². The second kappa shape index (κ2) is 7.76. The van der Waals surface area contributed by atoms with Gasteiger partial charge in [0.25, 0.3) is 5.56 Å². The number of carbonyl (C=O) groups is 1. The molecule has 3 heterocycles. The van der Waals surface area contributed by atoms with Crippen LogP contribution in [-0.2, 0) is 11.8 Å². The molecular weight excluding hydrogens is 366 g/mol. The number of nitrogens with one attached hydrogen (secondary N) is 1. The van der Waals surface area contributed by atoms with Crippen LogP contribution in [0, 0.1) is 17.2 Å². The predicted octanol–water partition coefficient (Wildman–Crippen LogP) is 2.66. The van der Waals surface area contributed by atoms with Crippen LogP contribution in [0.1, 0.15) is 18.4 Å². The molecule has 0 atom stereocenters. The molecule has 146 valence electrons. The van der Waals surface area contributed by atoms with Crippen LogP contribution >= 0.6 is 0 Å². The van der Waals surface area contributed by atoms with Crippen molar-refractivity contribution in [1.82, 2.24) is 9.55 Å². The van der Waals surface area contributed by atoms with Gasteiger partial charge in [0, 0.05) is 49.5 Å². The summed E-state index contributed by atoms with van der Waals surface area (Å²) in [6, 6.07) is 13.2. The maximum Gasteiger partial charge on any atom is 0.270 e. The fourth-order valence-corrected chi connectivity index (χ4v) is 3.95. The molecule has 0 unspecified atom stereocenters. The number of aromatic nitrogens is 2. The van der Waals surface area contributed by atoms with Gasteiger partial charge in [-0.25, -0.2) is 0 Å². The van der Waals surface area contributed by atoms with Gasteiger partial charge < -0.3 is 14.8 Å². The molecule has 0 aliphatic carbocycles. The summed E-state index contributed by atoms with van der Waals surface area (Å²) in [5.41, 5.74) is 2.07. The Morgan fingerprint density at radius 2 is 1.86 bits per heavy atom. The molecule has 1 saturated heterocycles. The number of para-hydroxylation sites is 1. The van der Waals surface area contributed by atoms with E-state index in [4.69, 9.17) is 0 Å². The van der Waals surface area contributed by atoms with Gasteiger partial charge in [-0.2, -0.15) is 5.26 Å². The largest absolute Gasteiger partial charge is 0.370 e. The summed E-state index contributed by atoms with van der Waals surface area (Å²) in [4.78, 5) is 31.3. The van der Waals surface area contributed by atoms with Gasteiger partial charge in [-0.15, -0.1) is 0 Å². The third kappa shape index (κ3) is 3.45. The third-order valence-corrected chi connectivity index (χ3v) is 5.52. The molecule has 0 spiro atoms. The lowest BCUT2D eigenvalue weighted by atomic mass is 9.94. The molecule has 4 rings (SSSR count). The average Bonchev–Trinajstić information content (AvgIpc) is 2.77. The highest BCUT2D eigenvalue weighted by molar-refractivity contribution is 5.95. The van der Waals surface area contributed by atoms with Crippen LogP contribution in [0.4, 0.5) is 11.4 Å². The van der Waals surface area contributed by atoms with Crippen LogP contribution in [0.3, 0.4) is 0 Å². The lowest BCUT2D eigenvalue weighted by Crippen LogP contribution is -2.39. The lowest BCUT2D eigenvalue weighted by Gasteiger charge is -2.34. The molecule has 0 radical (unpaired) electrons. The summed E-state index contributed by atoms with van der Waals surface area (Å²) >= 11 is 0.